The highest BCUT2D eigenvalue weighted by Crippen LogP contribution is 2.32. The fraction of sp³-hybridized carbons (Fsp3) is 0.800. The number of aromatic nitrogens is 2. The lowest BCUT2D eigenvalue weighted by Crippen LogP contribution is -2.21. The molecule has 0 saturated heterocycles. The van der Waals surface area contributed by atoms with Crippen LogP contribution in [-0.2, 0) is 13.5 Å². The van der Waals surface area contributed by atoms with Crippen molar-refractivity contribution >= 4 is 5.95 Å². The Bertz CT molecular complexity index is 368. The second kappa shape index (κ2) is 6.26. The van der Waals surface area contributed by atoms with Crippen LogP contribution in [0.4, 0.5) is 5.95 Å². The summed E-state index contributed by atoms with van der Waals surface area (Å²) < 4.78 is 2.22. The molecule has 3 heteroatoms. The monoisotopic (exact) mass is 251 g/mol. The van der Waals surface area contributed by atoms with Gasteiger partial charge in [0, 0.05) is 26.8 Å². The molecule has 18 heavy (non-hydrogen) atoms. The minimum absolute atomic E-state index is 0.410. The van der Waals surface area contributed by atoms with Gasteiger partial charge in [-0.1, -0.05) is 40.0 Å². The summed E-state index contributed by atoms with van der Waals surface area (Å²) in [6, 6.07) is 0. The second-order valence-corrected chi connectivity index (χ2v) is 5.95. The highest BCUT2D eigenvalue weighted by molar-refractivity contribution is 5.31. The Hall–Kier alpha value is -0.990. The fourth-order valence-electron chi connectivity index (χ4n) is 2.44. The van der Waals surface area contributed by atoms with Crippen molar-refractivity contribution < 1.29 is 0 Å². The minimum Gasteiger partial charge on any atom is -0.348 e. The predicted octanol–water partition coefficient (Wildman–Crippen LogP) is 3.64. The van der Waals surface area contributed by atoms with Crippen molar-refractivity contribution in [1.82, 2.24) is 9.55 Å². The summed E-state index contributed by atoms with van der Waals surface area (Å²) in [5.41, 5.74) is 1.76. The number of anilines is 1. The standard InChI is InChI=1S/C15H29N3/c1-7-9-10-15(3,8-2)11-13-12-16-14(17(4)5)18(13)6/h12H,7-11H2,1-6H3. The molecule has 0 bridgehead atoms. The van der Waals surface area contributed by atoms with Crippen LogP contribution in [0.5, 0.6) is 0 Å². The van der Waals surface area contributed by atoms with E-state index in [9.17, 15) is 0 Å². The Balaban J connectivity index is 2.82. The smallest absolute Gasteiger partial charge is 0.204 e. The maximum absolute atomic E-state index is 4.50. The first-order chi connectivity index (χ1) is 8.43. The largest absolute Gasteiger partial charge is 0.348 e. The summed E-state index contributed by atoms with van der Waals surface area (Å²) in [7, 11) is 6.21. The van der Waals surface area contributed by atoms with Crippen LogP contribution in [0.25, 0.3) is 0 Å². The van der Waals surface area contributed by atoms with Crippen molar-refractivity contribution in [2.24, 2.45) is 12.5 Å². The lowest BCUT2D eigenvalue weighted by molar-refractivity contribution is 0.268. The van der Waals surface area contributed by atoms with Gasteiger partial charge in [-0.25, -0.2) is 4.98 Å². The van der Waals surface area contributed by atoms with E-state index < -0.39 is 0 Å². The van der Waals surface area contributed by atoms with Crippen LogP contribution in [0.1, 0.15) is 52.1 Å². The Morgan fingerprint density at radius 2 is 2.00 bits per heavy atom. The van der Waals surface area contributed by atoms with Crippen LogP contribution in [-0.4, -0.2) is 23.6 Å². The normalized spacial score (nSPS) is 14.6. The Morgan fingerprint density at radius 1 is 1.33 bits per heavy atom. The zero-order valence-electron chi connectivity index (χ0n) is 13.0. The van der Waals surface area contributed by atoms with Crippen LogP contribution < -0.4 is 4.90 Å². The van der Waals surface area contributed by atoms with Crippen molar-refractivity contribution in [3.63, 3.8) is 0 Å². The summed E-state index contributed by atoms with van der Waals surface area (Å²) >= 11 is 0. The van der Waals surface area contributed by atoms with Gasteiger partial charge in [0.2, 0.25) is 5.95 Å². The van der Waals surface area contributed by atoms with Gasteiger partial charge >= 0.3 is 0 Å². The lowest BCUT2D eigenvalue weighted by Gasteiger charge is -2.28. The zero-order valence-corrected chi connectivity index (χ0v) is 13.0. The molecule has 0 aromatic carbocycles. The van der Waals surface area contributed by atoms with Crippen LogP contribution in [0.2, 0.25) is 0 Å². The molecule has 0 aliphatic heterocycles. The molecule has 3 nitrogen and oxygen atoms in total. The number of nitrogens with zero attached hydrogens (tertiary/aromatic N) is 3. The molecular weight excluding hydrogens is 222 g/mol. The molecule has 104 valence electrons. The van der Waals surface area contributed by atoms with Gasteiger partial charge in [0.15, 0.2) is 0 Å². The first-order valence-corrected chi connectivity index (χ1v) is 7.11. The van der Waals surface area contributed by atoms with E-state index in [1.54, 1.807) is 0 Å². The van der Waals surface area contributed by atoms with Gasteiger partial charge in [-0.3, -0.25) is 0 Å². The quantitative estimate of drug-likeness (QED) is 0.738. The predicted molar refractivity (Wildman–Crippen MR) is 79.2 cm³/mol. The molecule has 0 spiro atoms. The van der Waals surface area contributed by atoms with Gasteiger partial charge in [-0.05, 0) is 18.3 Å². The summed E-state index contributed by atoms with van der Waals surface area (Å²) in [5.74, 6) is 1.04. The number of hydrogen-bond acceptors (Lipinski definition) is 2. The lowest BCUT2D eigenvalue weighted by atomic mass is 9.78. The Kier molecular flexibility index (Phi) is 5.24. The molecular formula is C15H29N3. The second-order valence-electron chi connectivity index (χ2n) is 5.95. The van der Waals surface area contributed by atoms with Gasteiger partial charge in [0.25, 0.3) is 0 Å². The number of imidazole rings is 1. The average Bonchev–Trinajstić information content (AvgIpc) is 2.68. The summed E-state index contributed by atoms with van der Waals surface area (Å²) in [6.07, 6.45) is 8.31. The van der Waals surface area contributed by atoms with Gasteiger partial charge in [-0.2, -0.15) is 0 Å². The molecule has 1 heterocycles. The molecule has 0 aliphatic rings. The molecule has 1 aromatic rings. The molecule has 0 aliphatic carbocycles. The average molecular weight is 251 g/mol. The van der Waals surface area contributed by atoms with Crippen molar-refractivity contribution in [2.75, 3.05) is 19.0 Å². The zero-order chi connectivity index (χ0) is 13.8. The van der Waals surface area contributed by atoms with E-state index in [2.05, 4.69) is 42.3 Å². The molecule has 0 amide bonds. The Morgan fingerprint density at radius 3 is 2.44 bits per heavy atom. The van der Waals surface area contributed by atoms with Crippen LogP contribution in [0.3, 0.4) is 0 Å². The molecule has 0 fully saturated rings. The van der Waals surface area contributed by atoms with Crippen molar-refractivity contribution in [3.05, 3.63) is 11.9 Å². The van der Waals surface area contributed by atoms with Gasteiger partial charge < -0.3 is 9.47 Å². The number of unbranched alkanes of at least 4 members (excludes halogenated alkanes) is 1. The highest BCUT2D eigenvalue weighted by atomic mass is 15.3. The van der Waals surface area contributed by atoms with E-state index in [1.165, 1.54) is 31.4 Å². The third-order valence-electron chi connectivity index (χ3n) is 4.06. The molecule has 1 unspecified atom stereocenters. The van der Waals surface area contributed by atoms with E-state index >= 15 is 0 Å². The maximum Gasteiger partial charge on any atom is 0.204 e. The van der Waals surface area contributed by atoms with Crippen molar-refractivity contribution in [2.45, 2.75) is 52.9 Å². The number of rotatable bonds is 7. The molecule has 1 atom stereocenters. The minimum atomic E-state index is 0.410. The highest BCUT2D eigenvalue weighted by Gasteiger charge is 2.24. The molecule has 1 rings (SSSR count). The maximum atomic E-state index is 4.50. The van der Waals surface area contributed by atoms with Crippen molar-refractivity contribution in [3.8, 4) is 0 Å². The summed E-state index contributed by atoms with van der Waals surface area (Å²) in [4.78, 5) is 6.57. The SMILES string of the molecule is CCCCC(C)(CC)Cc1cnc(N(C)C)n1C. The first kappa shape index (κ1) is 15.1. The van der Waals surface area contributed by atoms with Crippen molar-refractivity contribution in [1.29, 1.82) is 0 Å². The van der Waals surface area contributed by atoms with Crippen LogP contribution >= 0.6 is 0 Å². The summed E-state index contributed by atoms with van der Waals surface area (Å²) in [5, 5.41) is 0. The van der Waals surface area contributed by atoms with E-state index in [0.29, 0.717) is 5.41 Å². The van der Waals surface area contributed by atoms with Gasteiger partial charge in [0.05, 0.1) is 6.20 Å². The molecule has 0 N–H and O–H groups in total. The topological polar surface area (TPSA) is 21.1 Å². The summed E-state index contributed by atoms with van der Waals surface area (Å²) in [6.45, 7) is 6.98. The van der Waals surface area contributed by atoms with Crippen LogP contribution in [0, 0.1) is 5.41 Å². The molecule has 0 saturated carbocycles. The fourth-order valence-corrected chi connectivity index (χ4v) is 2.44. The van der Waals surface area contributed by atoms with Crippen LogP contribution in [0.15, 0.2) is 6.20 Å². The van der Waals surface area contributed by atoms with E-state index in [1.807, 2.05) is 20.3 Å². The Labute approximate surface area is 112 Å². The third kappa shape index (κ3) is 3.50. The molecule has 0 radical (unpaired) electrons. The first-order valence-electron chi connectivity index (χ1n) is 7.11. The van der Waals surface area contributed by atoms with E-state index in [-0.39, 0.29) is 0 Å². The van der Waals surface area contributed by atoms with E-state index in [0.717, 1.165) is 12.4 Å². The molecule has 1 aromatic heterocycles. The number of hydrogen-bond donors (Lipinski definition) is 0. The van der Waals surface area contributed by atoms with E-state index in [4.69, 9.17) is 0 Å². The van der Waals surface area contributed by atoms with Gasteiger partial charge in [-0.15, -0.1) is 0 Å². The van der Waals surface area contributed by atoms with Gasteiger partial charge in [0.1, 0.15) is 0 Å². The third-order valence-corrected chi connectivity index (χ3v) is 4.06.